The molecule has 7 heteroatoms. The molecule has 1 aliphatic rings. The second-order valence-electron chi connectivity index (χ2n) is 4.31. The number of primary amides is 1. The van der Waals surface area contributed by atoms with Crippen molar-refractivity contribution < 1.29 is 13.6 Å². The zero-order valence-electron chi connectivity index (χ0n) is 10.2. The maximum absolute atomic E-state index is 12.8. The molecule has 0 saturated carbocycles. The van der Waals surface area contributed by atoms with Crippen molar-refractivity contribution in [3.05, 3.63) is 11.9 Å². The normalized spacial score (nSPS) is 21.6. The summed E-state index contributed by atoms with van der Waals surface area (Å²) in [5.74, 6) is -2.16. The molecule has 1 aliphatic heterocycles. The SMILES string of the molecule is CN1C(NC(N)=O)=CC(CCC(C)(F)F)N1C. The van der Waals surface area contributed by atoms with Crippen LogP contribution in [0.1, 0.15) is 19.8 Å². The molecule has 3 N–H and O–H groups in total. The van der Waals surface area contributed by atoms with Crippen molar-refractivity contribution in [1.29, 1.82) is 0 Å². The zero-order chi connectivity index (χ0) is 13.2. The molecule has 17 heavy (non-hydrogen) atoms. The van der Waals surface area contributed by atoms with Crippen LogP contribution in [0, 0.1) is 0 Å². The van der Waals surface area contributed by atoms with Crippen LogP contribution in [0.4, 0.5) is 13.6 Å². The van der Waals surface area contributed by atoms with Gasteiger partial charge < -0.3 is 5.73 Å². The maximum atomic E-state index is 12.8. The van der Waals surface area contributed by atoms with Gasteiger partial charge in [0.2, 0.25) is 5.92 Å². The van der Waals surface area contributed by atoms with Gasteiger partial charge in [-0.25, -0.2) is 18.6 Å². The summed E-state index contributed by atoms with van der Waals surface area (Å²) in [7, 11) is 3.50. The van der Waals surface area contributed by atoms with E-state index in [0.717, 1.165) is 6.92 Å². The van der Waals surface area contributed by atoms with Crippen molar-refractivity contribution in [2.24, 2.45) is 5.73 Å². The summed E-state index contributed by atoms with van der Waals surface area (Å²) in [6.45, 7) is 0.901. The average Bonchev–Trinajstić information content (AvgIpc) is 2.41. The number of alkyl halides is 2. The Bertz CT molecular complexity index is 327. The summed E-state index contributed by atoms with van der Waals surface area (Å²) in [4.78, 5) is 10.7. The summed E-state index contributed by atoms with van der Waals surface area (Å²) in [5.41, 5.74) is 5.01. The van der Waals surface area contributed by atoms with Gasteiger partial charge in [0.1, 0.15) is 5.82 Å². The number of carbonyl (C=O) groups is 1. The Morgan fingerprint density at radius 1 is 1.59 bits per heavy atom. The van der Waals surface area contributed by atoms with E-state index in [-0.39, 0.29) is 12.5 Å². The van der Waals surface area contributed by atoms with Gasteiger partial charge in [0.25, 0.3) is 0 Å². The van der Waals surface area contributed by atoms with E-state index in [0.29, 0.717) is 12.2 Å². The predicted molar refractivity (Wildman–Crippen MR) is 60.0 cm³/mol. The average molecular weight is 248 g/mol. The fraction of sp³-hybridized carbons (Fsp3) is 0.700. The number of hydrogen-bond acceptors (Lipinski definition) is 3. The van der Waals surface area contributed by atoms with Crippen LogP contribution < -0.4 is 11.1 Å². The summed E-state index contributed by atoms with van der Waals surface area (Å²) in [6.07, 6.45) is 1.83. The van der Waals surface area contributed by atoms with Gasteiger partial charge in [0, 0.05) is 20.5 Å². The lowest BCUT2D eigenvalue weighted by molar-refractivity contribution is -0.00528. The highest BCUT2D eigenvalue weighted by Gasteiger charge is 2.30. The molecule has 1 atom stereocenters. The lowest BCUT2D eigenvalue weighted by Crippen LogP contribution is -2.41. The number of hydrazine groups is 1. The molecule has 5 nitrogen and oxygen atoms in total. The Morgan fingerprint density at radius 3 is 2.65 bits per heavy atom. The molecule has 0 aromatic heterocycles. The van der Waals surface area contributed by atoms with Crippen LogP contribution in [0.15, 0.2) is 11.9 Å². The Morgan fingerprint density at radius 2 is 2.18 bits per heavy atom. The minimum atomic E-state index is -2.67. The number of amides is 2. The number of carbonyl (C=O) groups excluding carboxylic acids is 1. The molecule has 0 saturated heterocycles. The Kier molecular flexibility index (Phi) is 3.92. The second-order valence-corrected chi connectivity index (χ2v) is 4.31. The highest BCUT2D eigenvalue weighted by Crippen LogP contribution is 2.26. The quantitative estimate of drug-likeness (QED) is 0.783. The van der Waals surface area contributed by atoms with Crippen molar-refractivity contribution in [3.63, 3.8) is 0 Å². The first-order chi connectivity index (χ1) is 7.70. The van der Waals surface area contributed by atoms with E-state index >= 15 is 0 Å². The number of nitrogens with one attached hydrogen (secondary N) is 1. The second kappa shape index (κ2) is 4.87. The van der Waals surface area contributed by atoms with Gasteiger partial charge >= 0.3 is 6.03 Å². The number of hydrogen-bond donors (Lipinski definition) is 2. The summed E-state index contributed by atoms with van der Waals surface area (Å²) < 4.78 is 25.5. The van der Waals surface area contributed by atoms with Crippen LogP contribution in [0.2, 0.25) is 0 Å². The van der Waals surface area contributed by atoms with Crippen LogP contribution in [0.3, 0.4) is 0 Å². The number of urea groups is 1. The molecule has 0 radical (unpaired) electrons. The molecule has 1 unspecified atom stereocenters. The Hall–Kier alpha value is -1.37. The van der Waals surface area contributed by atoms with Crippen LogP contribution in [0.5, 0.6) is 0 Å². The fourth-order valence-electron chi connectivity index (χ4n) is 1.71. The van der Waals surface area contributed by atoms with Crippen molar-refractivity contribution in [3.8, 4) is 0 Å². The molecule has 1 rings (SSSR count). The highest BCUT2D eigenvalue weighted by atomic mass is 19.3. The minimum absolute atomic E-state index is 0.160. The first-order valence-corrected chi connectivity index (χ1v) is 5.33. The summed E-state index contributed by atoms with van der Waals surface area (Å²) in [6, 6.07) is -0.828. The van der Waals surface area contributed by atoms with Gasteiger partial charge in [-0.3, -0.25) is 10.3 Å². The minimum Gasteiger partial charge on any atom is -0.351 e. The predicted octanol–water partition coefficient (Wildman–Crippen LogP) is 1.09. The molecule has 2 amide bonds. The van der Waals surface area contributed by atoms with E-state index in [1.807, 2.05) is 0 Å². The summed E-state index contributed by atoms with van der Waals surface area (Å²) >= 11 is 0. The maximum Gasteiger partial charge on any atom is 0.317 e. The molecular weight excluding hydrogens is 230 g/mol. The van der Waals surface area contributed by atoms with Gasteiger partial charge in [-0.2, -0.15) is 0 Å². The van der Waals surface area contributed by atoms with Gasteiger partial charge in [-0.05, 0) is 19.4 Å². The van der Waals surface area contributed by atoms with Gasteiger partial charge in [0.15, 0.2) is 0 Å². The van der Waals surface area contributed by atoms with Crippen molar-refractivity contribution in [1.82, 2.24) is 15.3 Å². The van der Waals surface area contributed by atoms with E-state index in [1.54, 1.807) is 30.2 Å². The first kappa shape index (κ1) is 13.7. The zero-order valence-corrected chi connectivity index (χ0v) is 10.2. The molecule has 1 heterocycles. The lowest BCUT2D eigenvalue weighted by Gasteiger charge is -2.29. The highest BCUT2D eigenvalue weighted by molar-refractivity contribution is 5.73. The number of halogens is 2. The molecule has 0 aromatic rings. The van der Waals surface area contributed by atoms with Gasteiger partial charge in [0.05, 0.1) is 6.04 Å². The topological polar surface area (TPSA) is 61.6 Å². The number of rotatable bonds is 4. The molecule has 0 aromatic carbocycles. The number of likely N-dealkylation sites (N-methyl/N-ethyl adjacent to an activating group) is 1. The largest absolute Gasteiger partial charge is 0.351 e. The fourth-order valence-corrected chi connectivity index (χ4v) is 1.71. The standard InChI is InChI=1S/C10H18F2N4O/c1-10(11,12)5-4-7-6-8(14-9(13)17)16(3)15(7)2/h6-7H,4-5H2,1-3H3,(H3,13,14,17). The Balaban J connectivity index is 2.62. The van der Waals surface area contributed by atoms with Crippen LogP contribution in [-0.4, -0.2) is 42.1 Å². The molecule has 98 valence electrons. The van der Waals surface area contributed by atoms with Gasteiger partial charge in [-0.1, -0.05) is 0 Å². The number of nitrogens with zero attached hydrogens (tertiary/aromatic N) is 2. The van der Waals surface area contributed by atoms with Crippen molar-refractivity contribution in [2.75, 3.05) is 14.1 Å². The smallest absolute Gasteiger partial charge is 0.317 e. The monoisotopic (exact) mass is 248 g/mol. The van der Waals surface area contributed by atoms with Gasteiger partial charge in [-0.15, -0.1) is 0 Å². The van der Waals surface area contributed by atoms with Crippen LogP contribution in [0.25, 0.3) is 0 Å². The van der Waals surface area contributed by atoms with E-state index < -0.39 is 12.0 Å². The Labute approximate surface area is 99.2 Å². The molecule has 0 spiro atoms. The third kappa shape index (κ3) is 3.85. The third-order valence-corrected chi connectivity index (χ3v) is 2.78. The summed E-state index contributed by atoms with van der Waals surface area (Å²) in [5, 5.41) is 5.89. The molecular formula is C10H18F2N4O. The van der Waals surface area contributed by atoms with Crippen molar-refractivity contribution >= 4 is 6.03 Å². The van der Waals surface area contributed by atoms with Crippen LogP contribution in [-0.2, 0) is 0 Å². The first-order valence-electron chi connectivity index (χ1n) is 5.33. The van der Waals surface area contributed by atoms with E-state index in [2.05, 4.69) is 5.32 Å². The van der Waals surface area contributed by atoms with Crippen molar-refractivity contribution in [2.45, 2.75) is 31.7 Å². The lowest BCUT2D eigenvalue weighted by atomic mass is 10.1. The van der Waals surface area contributed by atoms with E-state index in [4.69, 9.17) is 5.73 Å². The van der Waals surface area contributed by atoms with E-state index in [9.17, 15) is 13.6 Å². The molecule has 0 bridgehead atoms. The number of nitrogens with two attached hydrogens (primary N) is 1. The van der Waals surface area contributed by atoms with E-state index in [1.165, 1.54) is 0 Å². The molecule has 0 fully saturated rings. The third-order valence-electron chi connectivity index (χ3n) is 2.78. The van der Waals surface area contributed by atoms with Crippen LogP contribution >= 0.6 is 0 Å². The molecule has 0 aliphatic carbocycles.